The summed E-state index contributed by atoms with van der Waals surface area (Å²) in [5.74, 6) is 0. The summed E-state index contributed by atoms with van der Waals surface area (Å²) >= 11 is 1.76. The lowest BCUT2D eigenvalue weighted by Crippen LogP contribution is -2.48. The molecular formula is C13H23N3OS. The number of likely N-dealkylation sites (tertiary alicyclic amines) is 1. The van der Waals surface area contributed by atoms with Gasteiger partial charge >= 0.3 is 0 Å². The Hall–Kier alpha value is -0.490. The normalized spacial score (nSPS) is 25.5. The molecule has 2 unspecified atom stereocenters. The van der Waals surface area contributed by atoms with Crippen LogP contribution in [0.3, 0.4) is 0 Å². The fraction of sp³-hybridized carbons (Fsp3) is 0.769. The van der Waals surface area contributed by atoms with E-state index in [0.717, 1.165) is 32.4 Å². The van der Waals surface area contributed by atoms with Gasteiger partial charge in [-0.05, 0) is 19.3 Å². The molecule has 1 aliphatic rings. The minimum absolute atomic E-state index is 0.372. The van der Waals surface area contributed by atoms with Crippen molar-refractivity contribution in [3.63, 3.8) is 0 Å². The van der Waals surface area contributed by atoms with Gasteiger partial charge in [0.05, 0.1) is 16.8 Å². The summed E-state index contributed by atoms with van der Waals surface area (Å²) in [5, 5.41) is 3.40. The molecule has 1 saturated heterocycles. The summed E-state index contributed by atoms with van der Waals surface area (Å²) in [6.07, 6.45) is 3.53. The van der Waals surface area contributed by atoms with Gasteiger partial charge in [0.1, 0.15) is 0 Å². The summed E-state index contributed by atoms with van der Waals surface area (Å²) < 4.78 is 5.45. The Balaban J connectivity index is 1.95. The summed E-state index contributed by atoms with van der Waals surface area (Å²) in [5.41, 5.74) is 7.07. The van der Waals surface area contributed by atoms with Crippen molar-refractivity contribution in [1.29, 1.82) is 0 Å². The van der Waals surface area contributed by atoms with Crippen molar-refractivity contribution in [1.82, 2.24) is 9.88 Å². The molecule has 4 nitrogen and oxygen atoms in total. The minimum atomic E-state index is 0.372. The zero-order chi connectivity index (χ0) is 13.0. The third-order valence-electron chi connectivity index (χ3n) is 3.66. The van der Waals surface area contributed by atoms with Crippen LogP contribution in [0, 0.1) is 0 Å². The second-order valence-electron chi connectivity index (χ2n) is 4.83. The van der Waals surface area contributed by atoms with E-state index in [1.54, 1.807) is 18.4 Å². The molecule has 1 fully saturated rings. The summed E-state index contributed by atoms with van der Waals surface area (Å²) in [4.78, 5) is 7.08. The van der Waals surface area contributed by atoms with Crippen molar-refractivity contribution < 1.29 is 4.74 Å². The maximum absolute atomic E-state index is 5.88. The van der Waals surface area contributed by atoms with E-state index in [-0.39, 0.29) is 0 Å². The third kappa shape index (κ3) is 3.29. The lowest BCUT2D eigenvalue weighted by atomic mass is 9.99. The number of hydrogen-bond donors (Lipinski definition) is 1. The van der Waals surface area contributed by atoms with E-state index >= 15 is 0 Å². The molecule has 0 radical (unpaired) electrons. The van der Waals surface area contributed by atoms with Gasteiger partial charge in [-0.3, -0.25) is 4.90 Å². The van der Waals surface area contributed by atoms with Crippen molar-refractivity contribution in [3.05, 3.63) is 16.1 Å². The summed E-state index contributed by atoms with van der Waals surface area (Å²) in [6, 6.07) is 0.426. The average molecular weight is 269 g/mol. The van der Waals surface area contributed by atoms with E-state index in [1.807, 2.05) is 0 Å². The van der Waals surface area contributed by atoms with Crippen LogP contribution < -0.4 is 5.73 Å². The number of methoxy groups -OCH3 is 1. The van der Waals surface area contributed by atoms with Crippen LogP contribution in [0.5, 0.6) is 0 Å². The molecule has 0 amide bonds. The van der Waals surface area contributed by atoms with Crippen molar-refractivity contribution >= 4 is 11.3 Å². The van der Waals surface area contributed by atoms with E-state index in [0.29, 0.717) is 18.7 Å². The maximum atomic E-state index is 5.88. The molecule has 2 atom stereocenters. The lowest BCUT2D eigenvalue weighted by molar-refractivity contribution is 0.00983. The first kappa shape index (κ1) is 13.9. The van der Waals surface area contributed by atoms with Gasteiger partial charge in [0.15, 0.2) is 0 Å². The number of ether oxygens (including phenoxy) is 1. The maximum Gasteiger partial charge on any atom is 0.0926 e. The van der Waals surface area contributed by atoms with Gasteiger partial charge in [-0.25, -0.2) is 4.98 Å². The Kier molecular flexibility index (Phi) is 5.12. The predicted octanol–water partition coefficient (Wildman–Crippen LogP) is 1.64. The monoisotopic (exact) mass is 269 g/mol. The molecule has 5 heteroatoms. The number of thiazole rings is 1. The SMILES string of the molecule is CCc1nc(CN2CCC(OC)CC2CN)cs1. The largest absolute Gasteiger partial charge is 0.381 e. The van der Waals surface area contributed by atoms with Crippen LogP contribution in [0.25, 0.3) is 0 Å². The third-order valence-corrected chi connectivity index (χ3v) is 4.70. The molecule has 0 saturated carbocycles. The number of nitrogens with two attached hydrogens (primary N) is 1. The molecule has 1 aromatic rings. The van der Waals surface area contributed by atoms with Crippen LogP contribution >= 0.6 is 11.3 Å². The first-order chi connectivity index (χ1) is 8.76. The average Bonchev–Trinajstić information content (AvgIpc) is 2.87. The second kappa shape index (κ2) is 6.61. The Morgan fingerprint density at radius 1 is 1.61 bits per heavy atom. The fourth-order valence-corrected chi connectivity index (χ4v) is 3.26. The standard InChI is InChI=1S/C13H23N3OS/c1-3-13-15-10(9-18-13)8-16-5-4-12(17-2)6-11(16)7-14/h9,11-12H,3-8,14H2,1-2H3. The fourth-order valence-electron chi connectivity index (χ4n) is 2.52. The van der Waals surface area contributed by atoms with Crippen LogP contribution in [0.4, 0.5) is 0 Å². The van der Waals surface area contributed by atoms with Crippen molar-refractivity contribution in [2.45, 2.75) is 44.9 Å². The lowest BCUT2D eigenvalue weighted by Gasteiger charge is -2.38. The van der Waals surface area contributed by atoms with E-state index in [1.165, 1.54) is 10.7 Å². The van der Waals surface area contributed by atoms with Crippen molar-refractivity contribution in [3.8, 4) is 0 Å². The van der Waals surface area contributed by atoms with Crippen molar-refractivity contribution in [2.24, 2.45) is 5.73 Å². The van der Waals surface area contributed by atoms with Gasteiger partial charge in [0, 0.05) is 38.2 Å². The number of piperidine rings is 1. The van der Waals surface area contributed by atoms with E-state index in [4.69, 9.17) is 10.5 Å². The van der Waals surface area contributed by atoms with Crippen molar-refractivity contribution in [2.75, 3.05) is 20.2 Å². The molecule has 0 aromatic carbocycles. The Morgan fingerprint density at radius 3 is 3.06 bits per heavy atom. The van der Waals surface area contributed by atoms with Crippen LogP contribution in [-0.4, -0.2) is 42.2 Å². The number of hydrogen-bond acceptors (Lipinski definition) is 5. The Labute approximate surface area is 113 Å². The van der Waals surface area contributed by atoms with Crippen LogP contribution in [-0.2, 0) is 17.7 Å². The molecule has 0 bridgehead atoms. The predicted molar refractivity (Wildman–Crippen MR) is 74.8 cm³/mol. The molecule has 0 aliphatic carbocycles. The number of nitrogens with zero attached hydrogens (tertiary/aromatic N) is 2. The van der Waals surface area contributed by atoms with Gasteiger partial charge in [-0.2, -0.15) is 0 Å². The molecule has 1 aromatic heterocycles. The Bertz CT molecular complexity index is 369. The highest BCUT2D eigenvalue weighted by Gasteiger charge is 2.27. The Morgan fingerprint density at radius 2 is 2.44 bits per heavy atom. The second-order valence-corrected chi connectivity index (χ2v) is 5.77. The zero-order valence-corrected chi connectivity index (χ0v) is 12.1. The summed E-state index contributed by atoms with van der Waals surface area (Å²) in [7, 11) is 1.79. The topological polar surface area (TPSA) is 51.4 Å². The minimum Gasteiger partial charge on any atom is -0.381 e. The quantitative estimate of drug-likeness (QED) is 0.883. The molecule has 2 N–H and O–H groups in total. The van der Waals surface area contributed by atoms with E-state index in [2.05, 4.69) is 22.2 Å². The van der Waals surface area contributed by atoms with Gasteiger partial charge in [0.25, 0.3) is 0 Å². The molecule has 18 heavy (non-hydrogen) atoms. The van der Waals surface area contributed by atoms with Crippen LogP contribution in [0.2, 0.25) is 0 Å². The van der Waals surface area contributed by atoms with Crippen LogP contribution in [0.15, 0.2) is 5.38 Å². The van der Waals surface area contributed by atoms with Crippen LogP contribution in [0.1, 0.15) is 30.5 Å². The molecule has 102 valence electrons. The van der Waals surface area contributed by atoms with Gasteiger partial charge in [0.2, 0.25) is 0 Å². The zero-order valence-electron chi connectivity index (χ0n) is 11.3. The molecular weight excluding hydrogens is 246 g/mol. The van der Waals surface area contributed by atoms with E-state index < -0.39 is 0 Å². The van der Waals surface area contributed by atoms with E-state index in [9.17, 15) is 0 Å². The smallest absolute Gasteiger partial charge is 0.0926 e. The summed E-state index contributed by atoms with van der Waals surface area (Å²) in [6.45, 7) is 4.83. The number of rotatable bonds is 5. The van der Waals surface area contributed by atoms with Gasteiger partial charge in [-0.1, -0.05) is 6.92 Å². The molecule has 0 spiro atoms. The molecule has 2 rings (SSSR count). The number of aromatic nitrogens is 1. The molecule has 2 heterocycles. The highest BCUT2D eigenvalue weighted by Crippen LogP contribution is 2.22. The highest BCUT2D eigenvalue weighted by molar-refractivity contribution is 7.09. The molecule has 1 aliphatic heterocycles. The first-order valence-electron chi connectivity index (χ1n) is 6.67. The first-order valence-corrected chi connectivity index (χ1v) is 7.55. The highest BCUT2D eigenvalue weighted by atomic mass is 32.1. The van der Waals surface area contributed by atoms with Gasteiger partial charge in [-0.15, -0.1) is 11.3 Å². The number of aryl methyl sites for hydroxylation is 1. The van der Waals surface area contributed by atoms with Gasteiger partial charge < -0.3 is 10.5 Å².